The Balaban J connectivity index is 1.73. The number of hydrogen-bond acceptors (Lipinski definition) is 2. The van der Waals surface area contributed by atoms with Crippen LogP contribution < -0.4 is 15.4 Å². The molecule has 0 bridgehead atoms. The molecule has 0 aliphatic heterocycles. The van der Waals surface area contributed by atoms with Crippen molar-refractivity contribution in [3.05, 3.63) is 70.3 Å². The standard InChI is InChI=1S/C18H19BrN2O2/c1-23-17-7-3-5-15(13-17)9-11-21-18(22)20-10-8-14-4-2-6-16(19)12-14/h2-7,9,11-13H,8,10H2,1H3,(H2,20,21,22)/b11-9+. The number of halogens is 1. The molecule has 4 nitrogen and oxygen atoms in total. The maximum absolute atomic E-state index is 11.7. The number of rotatable bonds is 6. The Kier molecular flexibility index (Phi) is 6.69. The summed E-state index contributed by atoms with van der Waals surface area (Å²) in [6.07, 6.45) is 4.21. The monoisotopic (exact) mass is 374 g/mol. The van der Waals surface area contributed by atoms with Crippen LogP contribution in [0.2, 0.25) is 0 Å². The predicted octanol–water partition coefficient (Wildman–Crippen LogP) is 3.97. The van der Waals surface area contributed by atoms with Crippen LogP contribution in [0.3, 0.4) is 0 Å². The topological polar surface area (TPSA) is 50.4 Å². The molecule has 2 aromatic rings. The van der Waals surface area contributed by atoms with E-state index in [1.165, 1.54) is 5.56 Å². The fourth-order valence-corrected chi connectivity index (χ4v) is 2.47. The summed E-state index contributed by atoms with van der Waals surface area (Å²) in [5.74, 6) is 0.783. The van der Waals surface area contributed by atoms with Crippen molar-refractivity contribution < 1.29 is 9.53 Å². The molecular formula is C18H19BrN2O2. The van der Waals surface area contributed by atoms with Crippen LogP contribution in [0.5, 0.6) is 5.75 Å². The predicted molar refractivity (Wildman–Crippen MR) is 96.4 cm³/mol. The highest BCUT2D eigenvalue weighted by Crippen LogP contribution is 2.13. The molecule has 0 saturated heterocycles. The van der Waals surface area contributed by atoms with Crippen molar-refractivity contribution in [2.75, 3.05) is 13.7 Å². The van der Waals surface area contributed by atoms with Gasteiger partial charge in [-0.3, -0.25) is 0 Å². The van der Waals surface area contributed by atoms with E-state index in [9.17, 15) is 4.79 Å². The first-order valence-electron chi connectivity index (χ1n) is 7.27. The lowest BCUT2D eigenvalue weighted by Gasteiger charge is -2.05. The third kappa shape index (κ3) is 6.16. The fraction of sp³-hybridized carbons (Fsp3) is 0.167. The van der Waals surface area contributed by atoms with Crippen molar-refractivity contribution in [1.29, 1.82) is 0 Å². The molecule has 120 valence electrons. The summed E-state index contributed by atoms with van der Waals surface area (Å²) < 4.78 is 6.19. The van der Waals surface area contributed by atoms with Crippen LogP contribution in [-0.2, 0) is 6.42 Å². The highest BCUT2D eigenvalue weighted by Gasteiger charge is 1.98. The van der Waals surface area contributed by atoms with E-state index in [4.69, 9.17) is 4.74 Å². The average molecular weight is 375 g/mol. The van der Waals surface area contributed by atoms with Crippen molar-refractivity contribution in [2.24, 2.45) is 0 Å². The number of carbonyl (C=O) groups is 1. The van der Waals surface area contributed by atoms with Crippen molar-refractivity contribution in [3.63, 3.8) is 0 Å². The number of amides is 2. The summed E-state index contributed by atoms with van der Waals surface area (Å²) in [6.45, 7) is 0.579. The van der Waals surface area contributed by atoms with E-state index < -0.39 is 0 Å². The third-order valence-corrected chi connectivity index (χ3v) is 3.67. The van der Waals surface area contributed by atoms with E-state index in [2.05, 4.69) is 26.6 Å². The second-order valence-electron chi connectivity index (χ2n) is 4.89. The van der Waals surface area contributed by atoms with Gasteiger partial charge in [-0.25, -0.2) is 4.79 Å². The largest absolute Gasteiger partial charge is 0.497 e. The Bertz CT molecular complexity index is 686. The minimum atomic E-state index is -0.223. The number of nitrogens with one attached hydrogen (secondary N) is 2. The van der Waals surface area contributed by atoms with Crippen molar-refractivity contribution in [3.8, 4) is 5.75 Å². The van der Waals surface area contributed by atoms with Gasteiger partial charge in [0.1, 0.15) is 5.75 Å². The summed E-state index contributed by atoms with van der Waals surface area (Å²) in [7, 11) is 1.62. The highest BCUT2D eigenvalue weighted by molar-refractivity contribution is 9.10. The molecule has 0 atom stereocenters. The summed E-state index contributed by atoms with van der Waals surface area (Å²) in [5.41, 5.74) is 2.13. The molecule has 2 aromatic carbocycles. The van der Waals surface area contributed by atoms with Crippen LogP contribution in [-0.4, -0.2) is 19.7 Å². The molecule has 5 heteroatoms. The molecule has 0 aromatic heterocycles. The zero-order valence-corrected chi connectivity index (χ0v) is 14.5. The number of carbonyl (C=O) groups excluding carboxylic acids is 1. The first-order chi connectivity index (χ1) is 11.2. The zero-order chi connectivity index (χ0) is 16.5. The van der Waals surface area contributed by atoms with Gasteiger partial charge in [0, 0.05) is 17.2 Å². The van der Waals surface area contributed by atoms with Crippen LogP contribution >= 0.6 is 15.9 Å². The van der Waals surface area contributed by atoms with Crippen molar-refractivity contribution in [1.82, 2.24) is 10.6 Å². The SMILES string of the molecule is COc1cccc(/C=C/NC(=O)NCCc2cccc(Br)c2)c1. The van der Waals surface area contributed by atoms with E-state index in [0.717, 1.165) is 22.2 Å². The van der Waals surface area contributed by atoms with Crippen LogP contribution in [0.4, 0.5) is 4.79 Å². The molecular weight excluding hydrogens is 356 g/mol. The molecule has 2 amide bonds. The lowest BCUT2D eigenvalue weighted by Crippen LogP contribution is -2.33. The first-order valence-corrected chi connectivity index (χ1v) is 8.06. The van der Waals surface area contributed by atoms with E-state index in [-0.39, 0.29) is 6.03 Å². The Morgan fingerprint density at radius 3 is 2.83 bits per heavy atom. The Morgan fingerprint density at radius 1 is 1.22 bits per heavy atom. The molecule has 0 radical (unpaired) electrons. The summed E-state index contributed by atoms with van der Waals surface area (Å²) >= 11 is 3.43. The minimum Gasteiger partial charge on any atom is -0.497 e. The number of ether oxygens (including phenoxy) is 1. The van der Waals surface area contributed by atoms with Crippen LogP contribution in [0.25, 0.3) is 6.08 Å². The molecule has 2 rings (SSSR count). The molecule has 0 saturated carbocycles. The maximum Gasteiger partial charge on any atom is 0.318 e. The number of hydrogen-bond donors (Lipinski definition) is 2. The maximum atomic E-state index is 11.7. The molecule has 0 spiro atoms. The average Bonchev–Trinajstić information content (AvgIpc) is 2.55. The van der Waals surface area contributed by atoms with Gasteiger partial charge in [-0.2, -0.15) is 0 Å². The second-order valence-corrected chi connectivity index (χ2v) is 5.81. The zero-order valence-electron chi connectivity index (χ0n) is 12.9. The smallest absolute Gasteiger partial charge is 0.318 e. The molecule has 23 heavy (non-hydrogen) atoms. The fourth-order valence-electron chi connectivity index (χ4n) is 2.02. The lowest BCUT2D eigenvalue weighted by atomic mass is 10.1. The number of urea groups is 1. The second kappa shape index (κ2) is 9.00. The molecule has 0 unspecified atom stereocenters. The Morgan fingerprint density at radius 2 is 2.04 bits per heavy atom. The summed E-state index contributed by atoms with van der Waals surface area (Å²) in [6, 6.07) is 15.4. The quantitative estimate of drug-likeness (QED) is 0.803. The van der Waals surface area contributed by atoms with Crippen molar-refractivity contribution >= 4 is 28.0 Å². The number of benzene rings is 2. The molecule has 0 heterocycles. The molecule has 0 aliphatic rings. The van der Waals surface area contributed by atoms with Gasteiger partial charge < -0.3 is 15.4 Å². The van der Waals surface area contributed by atoms with E-state index in [0.29, 0.717) is 6.54 Å². The van der Waals surface area contributed by atoms with E-state index in [1.807, 2.05) is 54.6 Å². The van der Waals surface area contributed by atoms with Gasteiger partial charge in [0.15, 0.2) is 0 Å². The van der Waals surface area contributed by atoms with Gasteiger partial charge in [0.25, 0.3) is 0 Å². The minimum absolute atomic E-state index is 0.223. The first kappa shape index (κ1) is 17.1. The van der Waals surface area contributed by atoms with E-state index in [1.54, 1.807) is 13.3 Å². The van der Waals surface area contributed by atoms with Gasteiger partial charge >= 0.3 is 6.03 Å². The summed E-state index contributed by atoms with van der Waals surface area (Å²) in [4.78, 5) is 11.7. The van der Waals surface area contributed by atoms with Gasteiger partial charge in [0.2, 0.25) is 0 Å². The molecule has 2 N–H and O–H groups in total. The lowest BCUT2D eigenvalue weighted by molar-refractivity contribution is 0.244. The van der Waals surface area contributed by atoms with Crippen LogP contribution in [0.1, 0.15) is 11.1 Å². The van der Waals surface area contributed by atoms with Crippen LogP contribution in [0.15, 0.2) is 59.2 Å². The molecule has 0 fully saturated rings. The van der Waals surface area contributed by atoms with Gasteiger partial charge in [-0.05, 0) is 47.9 Å². The Hall–Kier alpha value is -2.27. The van der Waals surface area contributed by atoms with Gasteiger partial charge in [0.05, 0.1) is 7.11 Å². The van der Waals surface area contributed by atoms with Crippen molar-refractivity contribution in [2.45, 2.75) is 6.42 Å². The number of methoxy groups -OCH3 is 1. The van der Waals surface area contributed by atoms with E-state index >= 15 is 0 Å². The normalized spacial score (nSPS) is 10.5. The molecule has 0 aliphatic carbocycles. The van der Waals surface area contributed by atoms with Gasteiger partial charge in [-0.1, -0.05) is 40.2 Å². The third-order valence-electron chi connectivity index (χ3n) is 3.17. The van der Waals surface area contributed by atoms with Gasteiger partial charge in [-0.15, -0.1) is 0 Å². The Labute approximate surface area is 144 Å². The highest BCUT2D eigenvalue weighted by atomic mass is 79.9. The summed E-state index contributed by atoms with van der Waals surface area (Å²) in [5, 5.41) is 5.50. The van der Waals surface area contributed by atoms with Crippen LogP contribution in [0, 0.1) is 0 Å².